The van der Waals surface area contributed by atoms with Crippen molar-refractivity contribution in [2.24, 2.45) is 0 Å². The summed E-state index contributed by atoms with van der Waals surface area (Å²) in [6, 6.07) is 12.9. The Morgan fingerprint density at radius 1 is 0.962 bits per heavy atom. The molecule has 0 saturated carbocycles. The first-order valence-corrected chi connectivity index (χ1v) is 9.18. The second-order valence-corrected chi connectivity index (χ2v) is 6.36. The Hall–Kier alpha value is -2.59. The number of phenols is 1. The second kappa shape index (κ2) is 7.75. The highest BCUT2D eigenvalue weighted by Crippen LogP contribution is 2.32. The van der Waals surface area contributed by atoms with Crippen molar-refractivity contribution in [1.82, 2.24) is 4.90 Å². The molecule has 0 radical (unpaired) electrons. The van der Waals surface area contributed by atoms with Crippen LogP contribution < -0.4 is 5.43 Å². The fraction of sp³-hybridized carbons (Fsp3) is 0.318. The number of rotatable bonds is 6. The maximum Gasteiger partial charge on any atom is 0.196 e. The molecular weight excluding hydrogens is 326 g/mol. The summed E-state index contributed by atoms with van der Waals surface area (Å²) in [6.45, 7) is 8.36. The minimum Gasteiger partial charge on any atom is -0.507 e. The summed E-state index contributed by atoms with van der Waals surface area (Å²) in [4.78, 5) is 15.3. The first kappa shape index (κ1) is 18.2. The van der Waals surface area contributed by atoms with E-state index in [1.165, 1.54) is 0 Å². The smallest absolute Gasteiger partial charge is 0.196 e. The van der Waals surface area contributed by atoms with E-state index in [0.717, 1.165) is 18.7 Å². The van der Waals surface area contributed by atoms with Crippen molar-refractivity contribution in [1.29, 1.82) is 0 Å². The van der Waals surface area contributed by atoms with Gasteiger partial charge in [-0.05, 0) is 31.6 Å². The van der Waals surface area contributed by atoms with E-state index in [1.54, 1.807) is 12.1 Å². The molecule has 0 aliphatic carbocycles. The van der Waals surface area contributed by atoms with Gasteiger partial charge in [-0.15, -0.1) is 0 Å². The van der Waals surface area contributed by atoms with Crippen LogP contribution in [0, 0.1) is 0 Å². The van der Waals surface area contributed by atoms with Crippen LogP contribution in [0.2, 0.25) is 0 Å². The number of nitrogens with zero attached hydrogens (tertiary/aromatic N) is 1. The van der Waals surface area contributed by atoms with E-state index in [2.05, 4.69) is 18.7 Å². The maximum atomic E-state index is 13.1. The Labute approximate surface area is 153 Å². The van der Waals surface area contributed by atoms with Gasteiger partial charge in [-0.25, -0.2) is 0 Å². The van der Waals surface area contributed by atoms with E-state index in [9.17, 15) is 9.90 Å². The predicted octanol–water partition coefficient (Wildman–Crippen LogP) is 4.57. The highest BCUT2D eigenvalue weighted by atomic mass is 16.3. The molecule has 1 N–H and O–H groups in total. The predicted molar refractivity (Wildman–Crippen MR) is 106 cm³/mol. The summed E-state index contributed by atoms with van der Waals surface area (Å²) in [5.41, 5.74) is 2.68. The Morgan fingerprint density at radius 3 is 2.27 bits per heavy atom. The van der Waals surface area contributed by atoms with Gasteiger partial charge < -0.3 is 9.52 Å². The summed E-state index contributed by atoms with van der Waals surface area (Å²) in [6.07, 6.45) is 0.592. The van der Waals surface area contributed by atoms with Crippen LogP contribution in [0.5, 0.6) is 5.75 Å². The zero-order valence-corrected chi connectivity index (χ0v) is 15.6. The minimum atomic E-state index is -0.0200. The van der Waals surface area contributed by atoms with Gasteiger partial charge in [0.1, 0.15) is 17.1 Å². The topological polar surface area (TPSA) is 53.7 Å². The van der Waals surface area contributed by atoms with Crippen LogP contribution in [0.4, 0.5) is 0 Å². The van der Waals surface area contributed by atoms with E-state index in [-0.39, 0.29) is 11.2 Å². The highest BCUT2D eigenvalue weighted by molar-refractivity contribution is 5.85. The van der Waals surface area contributed by atoms with Gasteiger partial charge in [0.2, 0.25) is 0 Å². The Bertz CT molecular complexity index is 957. The molecule has 0 aliphatic heterocycles. The van der Waals surface area contributed by atoms with Gasteiger partial charge in [0.15, 0.2) is 5.43 Å². The Morgan fingerprint density at radius 2 is 1.65 bits per heavy atom. The molecule has 0 atom stereocenters. The standard InChI is InChI=1S/C22H25NO3/c1-4-16-20(25)17-12-13-19(24)18(14-23(5-2)6-3)22(17)26-21(16)15-10-8-7-9-11-15/h7-13,24H,4-6,14H2,1-3H3. The summed E-state index contributed by atoms with van der Waals surface area (Å²) in [5.74, 6) is 0.757. The quantitative estimate of drug-likeness (QED) is 0.707. The number of benzene rings is 2. The number of aromatic hydroxyl groups is 1. The van der Waals surface area contributed by atoms with Crippen molar-refractivity contribution in [2.45, 2.75) is 33.7 Å². The Balaban J connectivity index is 2.31. The van der Waals surface area contributed by atoms with Gasteiger partial charge in [-0.2, -0.15) is 0 Å². The molecule has 0 saturated heterocycles. The van der Waals surface area contributed by atoms with E-state index in [4.69, 9.17) is 4.42 Å². The average Bonchev–Trinajstić information content (AvgIpc) is 2.68. The van der Waals surface area contributed by atoms with E-state index in [1.807, 2.05) is 37.3 Å². The lowest BCUT2D eigenvalue weighted by Crippen LogP contribution is -2.22. The van der Waals surface area contributed by atoms with E-state index >= 15 is 0 Å². The SMILES string of the molecule is CCc1c(-c2ccccc2)oc2c(CN(CC)CC)c(O)ccc2c1=O. The third kappa shape index (κ3) is 3.25. The van der Waals surface area contributed by atoms with Crippen LogP contribution in [-0.4, -0.2) is 23.1 Å². The fourth-order valence-electron chi connectivity index (χ4n) is 3.31. The van der Waals surface area contributed by atoms with Crippen LogP contribution in [0.3, 0.4) is 0 Å². The van der Waals surface area contributed by atoms with Gasteiger partial charge >= 0.3 is 0 Å². The molecule has 0 aliphatic rings. The molecule has 1 heterocycles. The molecule has 0 spiro atoms. The molecule has 136 valence electrons. The van der Waals surface area contributed by atoms with Crippen molar-refractivity contribution >= 4 is 11.0 Å². The monoisotopic (exact) mass is 351 g/mol. The van der Waals surface area contributed by atoms with Crippen molar-refractivity contribution in [3.63, 3.8) is 0 Å². The van der Waals surface area contributed by atoms with Crippen molar-refractivity contribution < 1.29 is 9.52 Å². The lowest BCUT2D eigenvalue weighted by molar-refractivity contribution is 0.290. The van der Waals surface area contributed by atoms with Gasteiger partial charge in [0, 0.05) is 17.7 Å². The van der Waals surface area contributed by atoms with Gasteiger partial charge in [-0.3, -0.25) is 9.69 Å². The number of phenolic OH excluding ortho intramolecular Hbond substituents is 1. The maximum absolute atomic E-state index is 13.1. The minimum absolute atomic E-state index is 0.0200. The molecule has 1 aromatic heterocycles. The highest BCUT2D eigenvalue weighted by Gasteiger charge is 2.19. The number of fused-ring (bicyclic) bond motifs is 1. The molecule has 2 aromatic carbocycles. The van der Waals surface area contributed by atoms with Crippen LogP contribution in [0.1, 0.15) is 31.9 Å². The molecule has 4 heteroatoms. The van der Waals surface area contributed by atoms with Crippen LogP contribution in [-0.2, 0) is 13.0 Å². The summed E-state index contributed by atoms with van der Waals surface area (Å²) in [7, 11) is 0. The lowest BCUT2D eigenvalue weighted by Gasteiger charge is -2.20. The first-order chi connectivity index (χ1) is 12.6. The first-order valence-electron chi connectivity index (χ1n) is 9.18. The van der Waals surface area contributed by atoms with Gasteiger partial charge in [0.25, 0.3) is 0 Å². The summed E-state index contributed by atoms with van der Waals surface area (Å²) >= 11 is 0. The van der Waals surface area contributed by atoms with Gasteiger partial charge in [-0.1, -0.05) is 51.1 Å². The fourth-order valence-corrected chi connectivity index (χ4v) is 3.31. The number of hydrogen-bond donors (Lipinski definition) is 1. The molecular formula is C22H25NO3. The average molecular weight is 351 g/mol. The number of hydrogen-bond acceptors (Lipinski definition) is 4. The molecule has 26 heavy (non-hydrogen) atoms. The van der Waals surface area contributed by atoms with Crippen molar-refractivity contribution in [3.05, 3.63) is 63.8 Å². The second-order valence-electron chi connectivity index (χ2n) is 6.36. The lowest BCUT2D eigenvalue weighted by atomic mass is 10.0. The largest absolute Gasteiger partial charge is 0.507 e. The van der Waals surface area contributed by atoms with E-state index in [0.29, 0.717) is 40.8 Å². The van der Waals surface area contributed by atoms with Crippen LogP contribution in [0.25, 0.3) is 22.3 Å². The summed E-state index contributed by atoms with van der Waals surface area (Å²) in [5, 5.41) is 11.0. The third-order valence-electron chi connectivity index (χ3n) is 4.90. The van der Waals surface area contributed by atoms with Crippen LogP contribution in [0.15, 0.2) is 51.7 Å². The zero-order chi connectivity index (χ0) is 18.7. The molecule has 0 unspecified atom stereocenters. The van der Waals surface area contributed by atoms with Gasteiger partial charge in [0.05, 0.1) is 10.9 Å². The molecule has 0 bridgehead atoms. The molecule has 3 aromatic rings. The third-order valence-corrected chi connectivity index (χ3v) is 4.90. The van der Waals surface area contributed by atoms with Crippen LogP contribution >= 0.6 is 0 Å². The normalized spacial score (nSPS) is 11.4. The molecule has 3 rings (SSSR count). The van der Waals surface area contributed by atoms with E-state index < -0.39 is 0 Å². The van der Waals surface area contributed by atoms with Crippen molar-refractivity contribution in [3.8, 4) is 17.1 Å². The zero-order valence-electron chi connectivity index (χ0n) is 15.6. The van der Waals surface area contributed by atoms with Crippen molar-refractivity contribution in [2.75, 3.05) is 13.1 Å². The molecule has 4 nitrogen and oxygen atoms in total. The summed E-state index contributed by atoms with van der Waals surface area (Å²) < 4.78 is 6.27. The Kier molecular flexibility index (Phi) is 5.43. The molecule has 0 amide bonds. The molecule has 0 fully saturated rings.